The van der Waals surface area contributed by atoms with Crippen LogP contribution in [-0.2, 0) is 0 Å². The van der Waals surface area contributed by atoms with Crippen molar-refractivity contribution in [1.29, 1.82) is 0 Å². The number of hydrogen-bond acceptors (Lipinski definition) is 2. The summed E-state index contributed by atoms with van der Waals surface area (Å²) in [6, 6.07) is -18.7. The van der Waals surface area contributed by atoms with Gasteiger partial charge in [-0.25, -0.2) is 0 Å². The second-order valence-corrected chi connectivity index (χ2v) is 9.88. The first kappa shape index (κ1) is 10.4. The molecule has 0 unspecified atom stereocenters. The van der Waals surface area contributed by atoms with E-state index in [1.165, 1.54) is 0 Å². The van der Waals surface area contributed by atoms with Crippen LogP contribution < -0.4 is 26.0 Å². The van der Waals surface area contributed by atoms with Gasteiger partial charge in [0.1, 0.15) is 11.5 Å². The minimum absolute atomic E-state index is 0.129. The monoisotopic (exact) mass is 560 g/mol. The van der Waals surface area contributed by atoms with E-state index in [1.54, 1.807) is 0 Å². The first-order valence-corrected chi connectivity index (χ1v) is 13.1. The van der Waals surface area contributed by atoms with Gasteiger partial charge in [-0.05, 0) is 99.2 Å². The van der Waals surface area contributed by atoms with Gasteiger partial charge >= 0.3 is 0 Å². The van der Waals surface area contributed by atoms with E-state index in [2.05, 4.69) is 0 Å². The van der Waals surface area contributed by atoms with Crippen LogP contribution in [0.3, 0.4) is 0 Å². The Bertz CT molecular complexity index is 3170. The molecule has 6 aromatic rings. The van der Waals surface area contributed by atoms with Crippen LogP contribution in [0.25, 0.3) is 22.3 Å². The molecule has 6 aromatic carbocycles. The molecule has 0 saturated heterocycles. The molecule has 3 aliphatic rings. The second kappa shape index (κ2) is 9.25. The number of ether oxygens (including phenoxy) is 1. The highest BCUT2D eigenvalue weighted by molar-refractivity contribution is 6.99. The molecule has 0 aromatic heterocycles. The summed E-state index contributed by atoms with van der Waals surface area (Å²) in [5.41, 5.74) is -5.53. The maximum Gasteiger partial charge on any atom is 0.256 e. The Balaban J connectivity index is 1.50. The first-order chi connectivity index (χ1) is 30.4. The van der Waals surface area contributed by atoms with Crippen LogP contribution in [0.2, 0.25) is 0 Å². The van der Waals surface area contributed by atoms with Crippen LogP contribution in [0, 0.1) is 0 Å². The SMILES string of the molecule is [2H]c1c([2H])c([2H])c(-c2c([2H])c([2H])c(N3c4c([2H])c([2H])c(-c5c([2H])c([2H])c([2H])c([2H])c5[2H])c([2H])c4B4c5c([2H])c(C6CC6)c([2H])c([2H])c5Oc5c([2H])c([2H])c([2H])c3c54)c([2H])c2[2H])c([2H])c1[2H]. The van der Waals surface area contributed by atoms with Gasteiger partial charge in [-0.2, -0.15) is 0 Å². The molecule has 9 rings (SSSR count). The van der Waals surface area contributed by atoms with Crippen molar-refractivity contribution in [2.24, 2.45) is 0 Å². The zero-order valence-corrected chi connectivity index (χ0v) is 21.4. The molecule has 0 N–H and O–H groups in total. The maximum absolute atomic E-state index is 9.92. The smallest absolute Gasteiger partial charge is 0.256 e. The minimum Gasteiger partial charge on any atom is -0.458 e. The van der Waals surface area contributed by atoms with Gasteiger partial charge in [0.25, 0.3) is 6.71 Å². The lowest BCUT2D eigenvalue weighted by Crippen LogP contribution is -2.59. The van der Waals surface area contributed by atoms with Crippen LogP contribution in [0.15, 0.2) is 139 Å². The molecule has 198 valence electrons. The van der Waals surface area contributed by atoms with E-state index in [1.807, 2.05) is 0 Å². The zero-order chi connectivity index (χ0) is 47.6. The van der Waals surface area contributed by atoms with E-state index in [0.29, 0.717) is 12.8 Å². The van der Waals surface area contributed by atoms with Crippen molar-refractivity contribution >= 4 is 40.2 Å². The number of benzene rings is 6. The van der Waals surface area contributed by atoms with Gasteiger partial charge in [-0.15, -0.1) is 0 Å². The maximum atomic E-state index is 9.92. The Labute approximate surface area is 279 Å². The lowest BCUT2D eigenvalue weighted by atomic mass is 9.34. The summed E-state index contributed by atoms with van der Waals surface area (Å²) in [6.45, 7) is -1.67. The van der Waals surface area contributed by atoms with Crippen molar-refractivity contribution in [1.82, 2.24) is 0 Å². The summed E-state index contributed by atoms with van der Waals surface area (Å²) in [6.07, 6.45) is 1.10. The summed E-state index contributed by atoms with van der Waals surface area (Å²) in [5, 5.41) is 0. The van der Waals surface area contributed by atoms with Crippen molar-refractivity contribution in [2.45, 2.75) is 18.8 Å². The quantitative estimate of drug-likeness (QED) is 0.201. The normalized spacial score (nSPS) is 22.1. The molecule has 1 fully saturated rings. The molecule has 0 spiro atoms. The number of fused-ring (bicyclic) bond motifs is 4. The highest BCUT2D eigenvalue weighted by atomic mass is 16.5. The summed E-state index contributed by atoms with van der Waals surface area (Å²) >= 11 is 0. The van der Waals surface area contributed by atoms with Gasteiger partial charge in [-0.3, -0.25) is 0 Å². The predicted molar refractivity (Wildman–Crippen MR) is 175 cm³/mol. The van der Waals surface area contributed by atoms with Gasteiger partial charge < -0.3 is 9.64 Å². The molecule has 42 heavy (non-hydrogen) atoms. The summed E-state index contributed by atoms with van der Waals surface area (Å²) in [5.74, 6) is -1.34. The van der Waals surface area contributed by atoms with Gasteiger partial charge in [0.2, 0.25) is 0 Å². The molecule has 0 atom stereocenters. The Morgan fingerprint density at radius 1 is 0.571 bits per heavy atom. The summed E-state index contributed by atoms with van der Waals surface area (Å²) < 4.78 is 212. The van der Waals surface area contributed by atoms with E-state index in [0.717, 1.165) is 4.90 Å². The average Bonchev–Trinajstić information content (AvgIpc) is 4.12. The second-order valence-electron chi connectivity index (χ2n) is 9.88. The zero-order valence-electron chi connectivity index (χ0n) is 44.4. The van der Waals surface area contributed by atoms with Gasteiger partial charge in [0.05, 0.1) is 31.5 Å². The largest absolute Gasteiger partial charge is 0.458 e. The first-order valence-electron chi connectivity index (χ1n) is 24.6. The van der Waals surface area contributed by atoms with Gasteiger partial charge in [0, 0.05) is 17.1 Å². The van der Waals surface area contributed by atoms with E-state index >= 15 is 0 Å². The van der Waals surface area contributed by atoms with E-state index in [9.17, 15) is 12.3 Å². The summed E-state index contributed by atoms with van der Waals surface area (Å²) in [4.78, 5) is 0.793. The standard InChI is InChI=1S/C39H28BNO/c1-3-8-26(9-4-1)28-16-20-32(21-17-28)41-35-22-18-30(27-10-5-2-6-11-27)24-33(35)40-34-25-31(29-14-15-29)19-23-37(34)42-38-13-7-12-36(41)39(38)40/h1-13,16-25,29H,14-15H2/i1D,2D,3D,4D,5D,6D,7D,8D,9D,10D,11D,12D,13D,16D,17D,18D,19D,20D,21D,22D,23D,24D,25D. The van der Waals surface area contributed by atoms with Crippen molar-refractivity contribution in [3.63, 3.8) is 0 Å². The van der Waals surface area contributed by atoms with Crippen LogP contribution in [-0.4, -0.2) is 6.71 Å². The predicted octanol–water partition coefficient (Wildman–Crippen LogP) is 8.30. The lowest BCUT2D eigenvalue weighted by molar-refractivity contribution is 0.487. The number of rotatable bonds is 4. The van der Waals surface area contributed by atoms with Crippen molar-refractivity contribution in [2.75, 3.05) is 4.90 Å². The van der Waals surface area contributed by atoms with Crippen LogP contribution in [0.5, 0.6) is 11.5 Å². The Kier molecular flexibility index (Phi) is 2.28. The van der Waals surface area contributed by atoms with E-state index in [4.69, 9.17) is 23.9 Å². The molecule has 0 radical (unpaired) electrons. The molecule has 1 aliphatic carbocycles. The molecule has 2 aliphatic heterocycles. The van der Waals surface area contributed by atoms with Crippen molar-refractivity contribution in [3.05, 3.63) is 145 Å². The number of nitrogens with zero attached hydrogens (tertiary/aromatic N) is 1. The third-order valence-electron chi connectivity index (χ3n) is 7.34. The number of anilines is 3. The van der Waals surface area contributed by atoms with Crippen LogP contribution in [0.1, 0.15) is 55.9 Å². The molecule has 2 heterocycles. The molecule has 0 bridgehead atoms. The fourth-order valence-corrected chi connectivity index (χ4v) is 5.29. The number of hydrogen-bond donors (Lipinski definition) is 0. The molecular formula is C39H28BNO. The molecule has 1 saturated carbocycles. The van der Waals surface area contributed by atoms with Gasteiger partial charge in [-0.1, -0.05) is 103 Å². The van der Waals surface area contributed by atoms with Crippen molar-refractivity contribution < 1.29 is 36.3 Å². The van der Waals surface area contributed by atoms with Crippen LogP contribution in [0.4, 0.5) is 17.1 Å². The molecule has 0 amide bonds. The van der Waals surface area contributed by atoms with E-state index in [-0.39, 0.29) is 34.5 Å². The van der Waals surface area contributed by atoms with Crippen molar-refractivity contribution in [3.8, 4) is 33.8 Å². The third-order valence-corrected chi connectivity index (χ3v) is 7.34. The minimum atomic E-state index is -1.67. The fraction of sp³-hybridized carbons (Fsp3) is 0.0769. The lowest BCUT2D eigenvalue weighted by Gasteiger charge is -2.40. The topological polar surface area (TPSA) is 12.5 Å². The highest BCUT2D eigenvalue weighted by Crippen LogP contribution is 2.44. The molecule has 3 heteroatoms. The Hall–Kier alpha value is -5.02. The average molecular weight is 561 g/mol. The molecular weight excluding hydrogens is 509 g/mol. The Morgan fingerprint density at radius 2 is 1.26 bits per heavy atom. The van der Waals surface area contributed by atoms with E-state index < -0.39 is 190 Å². The molecule has 2 nitrogen and oxygen atoms in total. The highest BCUT2D eigenvalue weighted by Gasteiger charge is 2.42. The van der Waals surface area contributed by atoms with Crippen LogP contribution >= 0.6 is 0 Å². The van der Waals surface area contributed by atoms with Gasteiger partial charge in [0.15, 0.2) is 0 Å². The Morgan fingerprint density at radius 3 is 2.00 bits per heavy atom. The third kappa shape index (κ3) is 3.74. The summed E-state index contributed by atoms with van der Waals surface area (Å²) in [7, 11) is 0. The fourth-order valence-electron chi connectivity index (χ4n) is 5.29.